The normalized spacial score (nSPS) is 12.2. The summed E-state index contributed by atoms with van der Waals surface area (Å²) in [5.41, 5.74) is 2.68. The Balaban J connectivity index is 1.38. The van der Waals surface area contributed by atoms with Gasteiger partial charge in [0.15, 0.2) is 5.82 Å². The Morgan fingerprint density at radius 3 is 2.45 bits per heavy atom. The third-order valence-electron chi connectivity index (χ3n) is 4.51. The fourth-order valence-electron chi connectivity index (χ4n) is 2.91. The molecule has 0 aliphatic heterocycles. The van der Waals surface area contributed by atoms with E-state index in [0.29, 0.717) is 22.8 Å². The van der Waals surface area contributed by atoms with Crippen molar-refractivity contribution in [3.63, 3.8) is 0 Å². The van der Waals surface area contributed by atoms with Gasteiger partial charge in [-0.05, 0) is 72.3 Å². The van der Waals surface area contributed by atoms with Crippen LogP contribution in [0.2, 0.25) is 0 Å². The van der Waals surface area contributed by atoms with Crippen LogP contribution < -0.4 is 10.1 Å². The van der Waals surface area contributed by atoms with Gasteiger partial charge in [-0.1, -0.05) is 0 Å². The first-order valence-corrected chi connectivity index (χ1v) is 10.6. The molecule has 0 bridgehead atoms. The number of nitrogens with zero attached hydrogens (tertiary/aromatic N) is 3. The van der Waals surface area contributed by atoms with Gasteiger partial charge in [-0.2, -0.15) is 11.3 Å². The van der Waals surface area contributed by atoms with Crippen molar-refractivity contribution < 1.29 is 27.4 Å². The standard InChI is InChI=1S/C22H17F3N4O3S/c1-14(16-10-11-33-12-16)31-21(30)27-17-4-2-15(3-5-17)20-26-13-29(28-20)18-6-8-19(9-7-18)32-22(23,24)25/h2-14H,1H3,(H,27,30). The fraction of sp³-hybridized carbons (Fsp3) is 0.136. The van der Waals surface area contributed by atoms with Crippen molar-refractivity contribution in [3.8, 4) is 22.8 Å². The molecular formula is C22H17F3N4O3S. The number of alkyl halides is 3. The van der Waals surface area contributed by atoms with Gasteiger partial charge in [0.05, 0.1) is 5.69 Å². The Labute approximate surface area is 190 Å². The molecule has 1 atom stereocenters. The fourth-order valence-corrected chi connectivity index (χ4v) is 3.65. The van der Waals surface area contributed by atoms with Crippen molar-refractivity contribution in [2.75, 3.05) is 5.32 Å². The highest BCUT2D eigenvalue weighted by atomic mass is 32.1. The number of nitrogens with one attached hydrogen (secondary N) is 1. The summed E-state index contributed by atoms with van der Waals surface area (Å²) in [5.74, 6) is 0.0868. The minimum absolute atomic E-state index is 0.321. The van der Waals surface area contributed by atoms with Crippen molar-refractivity contribution in [1.82, 2.24) is 14.8 Å². The number of carbonyl (C=O) groups excluding carboxylic acids is 1. The highest BCUT2D eigenvalue weighted by molar-refractivity contribution is 7.07. The van der Waals surface area contributed by atoms with Crippen LogP contribution in [0, 0.1) is 0 Å². The van der Waals surface area contributed by atoms with Crippen LogP contribution in [-0.2, 0) is 4.74 Å². The maximum atomic E-state index is 12.3. The Bertz CT molecular complexity index is 1210. The minimum atomic E-state index is -4.75. The quantitative estimate of drug-likeness (QED) is 0.360. The molecule has 0 radical (unpaired) electrons. The Kier molecular flexibility index (Phi) is 6.31. The van der Waals surface area contributed by atoms with Gasteiger partial charge >= 0.3 is 12.5 Å². The summed E-state index contributed by atoms with van der Waals surface area (Å²) in [7, 11) is 0. The molecular weight excluding hydrogens is 457 g/mol. The van der Waals surface area contributed by atoms with Crippen LogP contribution in [0.4, 0.5) is 23.7 Å². The number of hydrogen-bond donors (Lipinski definition) is 1. The Hall–Kier alpha value is -3.86. The lowest BCUT2D eigenvalue weighted by Gasteiger charge is -2.12. The Morgan fingerprint density at radius 1 is 1.09 bits per heavy atom. The van der Waals surface area contributed by atoms with Gasteiger partial charge < -0.3 is 9.47 Å². The van der Waals surface area contributed by atoms with Crippen molar-refractivity contribution >= 4 is 23.1 Å². The van der Waals surface area contributed by atoms with Gasteiger partial charge in [0.25, 0.3) is 0 Å². The van der Waals surface area contributed by atoms with Crippen molar-refractivity contribution in [1.29, 1.82) is 0 Å². The molecule has 1 N–H and O–H groups in total. The summed E-state index contributed by atoms with van der Waals surface area (Å²) < 4.78 is 47.5. The largest absolute Gasteiger partial charge is 0.573 e. The molecule has 2 aromatic carbocycles. The van der Waals surface area contributed by atoms with Crippen LogP contribution in [0.25, 0.3) is 17.1 Å². The van der Waals surface area contributed by atoms with E-state index in [1.165, 1.54) is 46.6 Å². The summed E-state index contributed by atoms with van der Waals surface area (Å²) in [6, 6.07) is 14.0. The SMILES string of the molecule is CC(OC(=O)Nc1ccc(-c2ncn(-c3ccc(OC(F)(F)F)cc3)n2)cc1)c1ccsc1. The summed E-state index contributed by atoms with van der Waals surface area (Å²) in [4.78, 5) is 16.3. The molecule has 2 aromatic heterocycles. The lowest BCUT2D eigenvalue weighted by Crippen LogP contribution is -2.17. The smallest absolute Gasteiger partial charge is 0.441 e. The zero-order valence-electron chi connectivity index (χ0n) is 17.1. The number of hydrogen-bond acceptors (Lipinski definition) is 6. The van der Waals surface area contributed by atoms with Crippen LogP contribution in [0.15, 0.2) is 71.7 Å². The maximum absolute atomic E-state index is 12.3. The number of carbonyl (C=O) groups is 1. The molecule has 1 unspecified atom stereocenters. The first kappa shape index (κ1) is 22.3. The number of rotatable bonds is 6. The van der Waals surface area contributed by atoms with Crippen LogP contribution in [0.3, 0.4) is 0 Å². The van der Waals surface area contributed by atoms with E-state index in [2.05, 4.69) is 20.1 Å². The predicted molar refractivity (Wildman–Crippen MR) is 116 cm³/mol. The molecule has 2 heterocycles. The average molecular weight is 474 g/mol. The van der Waals surface area contributed by atoms with Crippen molar-refractivity contribution in [2.24, 2.45) is 0 Å². The molecule has 1 amide bonds. The molecule has 4 rings (SSSR count). The maximum Gasteiger partial charge on any atom is 0.573 e. The highest BCUT2D eigenvalue weighted by Crippen LogP contribution is 2.25. The van der Waals surface area contributed by atoms with Gasteiger partial charge in [0.2, 0.25) is 0 Å². The second-order valence-corrected chi connectivity index (χ2v) is 7.64. The Morgan fingerprint density at radius 2 is 1.82 bits per heavy atom. The number of thiophene rings is 1. The van der Waals surface area contributed by atoms with E-state index >= 15 is 0 Å². The molecule has 0 fully saturated rings. The average Bonchev–Trinajstić information content (AvgIpc) is 3.46. The zero-order valence-corrected chi connectivity index (χ0v) is 17.9. The number of anilines is 1. The summed E-state index contributed by atoms with van der Waals surface area (Å²) in [5, 5.41) is 10.9. The summed E-state index contributed by atoms with van der Waals surface area (Å²) in [6.45, 7) is 1.80. The molecule has 33 heavy (non-hydrogen) atoms. The van der Waals surface area contributed by atoms with E-state index in [1.54, 1.807) is 31.2 Å². The molecule has 0 saturated heterocycles. The first-order chi connectivity index (χ1) is 15.8. The molecule has 7 nitrogen and oxygen atoms in total. The van der Waals surface area contributed by atoms with Crippen LogP contribution in [0.5, 0.6) is 5.75 Å². The van der Waals surface area contributed by atoms with Crippen molar-refractivity contribution in [3.05, 3.63) is 77.2 Å². The molecule has 0 spiro atoms. The van der Waals surface area contributed by atoms with Gasteiger partial charge in [0, 0.05) is 16.8 Å². The van der Waals surface area contributed by atoms with Crippen LogP contribution in [-0.4, -0.2) is 27.2 Å². The van der Waals surface area contributed by atoms with E-state index in [-0.39, 0.29) is 11.9 Å². The third-order valence-corrected chi connectivity index (χ3v) is 5.21. The predicted octanol–water partition coefficient (Wildman–Crippen LogP) is 6.20. The summed E-state index contributed by atoms with van der Waals surface area (Å²) >= 11 is 1.53. The molecule has 0 saturated carbocycles. The number of aromatic nitrogens is 3. The molecule has 0 aliphatic rings. The molecule has 4 aromatic rings. The van der Waals surface area contributed by atoms with Gasteiger partial charge in [-0.3, -0.25) is 5.32 Å². The molecule has 170 valence electrons. The zero-order chi connectivity index (χ0) is 23.4. The van der Waals surface area contributed by atoms with E-state index < -0.39 is 12.5 Å². The first-order valence-electron chi connectivity index (χ1n) is 9.65. The van der Waals surface area contributed by atoms with E-state index in [4.69, 9.17) is 4.74 Å². The lowest BCUT2D eigenvalue weighted by atomic mass is 10.2. The highest BCUT2D eigenvalue weighted by Gasteiger charge is 2.31. The van der Waals surface area contributed by atoms with E-state index in [9.17, 15) is 18.0 Å². The third kappa shape index (κ3) is 5.89. The van der Waals surface area contributed by atoms with Crippen molar-refractivity contribution in [2.45, 2.75) is 19.4 Å². The molecule has 0 aliphatic carbocycles. The van der Waals surface area contributed by atoms with Gasteiger partial charge in [-0.25, -0.2) is 14.5 Å². The number of halogens is 3. The minimum Gasteiger partial charge on any atom is -0.441 e. The van der Waals surface area contributed by atoms with Gasteiger partial charge in [0.1, 0.15) is 18.2 Å². The van der Waals surface area contributed by atoms with E-state index in [0.717, 1.165) is 5.56 Å². The van der Waals surface area contributed by atoms with Gasteiger partial charge in [-0.15, -0.1) is 18.3 Å². The monoisotopic (exact) mass is 474 g/mol. The number of benzene rings is 2. The molecule has 11 heteroatoms. The number of ether oxygens (including phenoxy) is 2. The van der Waals surface area contributed by atoms with Crippen LogP contribution in [0.1, 0.15) is 18.6 Å². The van der Waals surface area contributed by atoms with E-state index in [1.807, 2.05) is 16.8 Å². The summed E-state index contributed by atoms with van der Waals surface area (Å²) in [6.07, 6.45) is -4.23. The second-order valence-electron chi connectivity index (χ2n) is 6.86. The topological polar surface area (TPSA) is 78.3 Å². The second kappa shape index (κ2) is 9.33. The lowest BCUT2D eigenvalue weighted by molar-refractivity contribution is -0.274. The number of amides is 1. The van der Waals surface area contributed by atoms with Crippen LogP contribution >= 0.6 is 11.3 Å².